The lowest BCUT2D eigenvalue weighted by Gasteiger charge is -2.30. The number of carbonyl (C=O) groups excluding carboxylic acids is 3. The molecule has 0 atom stereocenters. The highest BCUT2D eigenvalue weighted by molar-refractivity contribution is 6.09. The fraction of sp³-hybridized carbons (Fsp3) is 0.550. The molecular formula is C20H26N2O3. The normalized spacial score (nSPS) is 19.7. The molecule has 3 amide bonds. The van der Waals surface area contributed by atoms with Gasteiger partial charge in [0.2, 0.25) is 17.7 Å². The largest absolute Gasteiger partial charge is 0.325 e. The highest BCUT2D eigenvalue weighted by Crippen LogP contribution is 2.45. The summed E-state index contributed by atoms with van der Waals surface area (Å²) in [7, 11) is 0. The van der Waals surface area contributed by atoms with E-state index in [1.165, 1.54) is 5.56 Å². The zero-order valence-corrected chi connectivity index (χ0v) is 15.0. The average Bonchev–Trinajstić information content (AvgIpc) is 2.80. The molecule has 1 aromatic carbocycles. The number of amides is 3. The average molecular weight is 342 g/mol. The van der Waals surface area contributed by atoms with Crippen molar-refractivity contribution in [2.75, 3.05) is 11.9 Å². The zero-order valence-electron chi connectivity index (χ0n) is 15.0. The molecule has 134 valence electrons. The van der Waals surface area contributed by atoms with Gasteiger partial charge in [-0.15, -0.1) is 0 Å². The Morgan fingerprint density at radius 2 is 1.76 bits per heavy atom. The summed E-state index contributed by atoms with van der Waals surface area (Å²) in [4.78, 5) is 38.5. The second-order valence-corrected chi connectivity index (χ2v) is 7.63. The maximum absolute atomic E-state index is 12.7. The summed E-state index contributed by atoms with van der Waals surface area (Å²) in [5.41, 5.74) is 1.34. The third-order valence-electron chi connectivity index (χ3n) is 5.46. The van der Waals surface area contributed by atoms with Crippen LogP contribution in [0.25, 0.3) is 0 Å². The quantitative estimate of drug-likeness (QED) is 0.852. The van der Waals surface area contributed by atoms with Crippen LogP contribution in [-0.4, -0.2) is 29.2 Å². The van der Waals surface area contributed by atoms with Gasteiger partial charge in [-0.3, -0.25) is 19.3 Å². The highest BCUT2D eigenvalue weighted by Gasteiger charge is 2.51. The summed E-state index contributed by atoms with van der Waals surface area (Å²) in [6.45, 7) is 4.03. The lowest BCUT2D eigenvalue weighted by Crippen LogP contribution is -2.41. The third kappa shape index (κ3) is 3.60. The Bertz CT molecular complexity index is 673. The molecule has 1 saturated heterocycles. The number of nitrogens with one attached hydrogen (secondary N) is 1. The van der Waals surface area contributed by atoms with E-state index in [2.05, 4.69) is 19.2 Å². The van der Waals surface area contributed by atoms with E-state index >= 15 is 0 Å². The van der Waals surface area contributed by atoms with Crippen molar-refractivity contribution >= 4 is 23.4 Å². The van der Waals surface area contributed by atoms with Crippen molar-refractivity contribution in [1.29, 1.82) is 0 Å². The third-order valence-corrected chi connectivity index (χ3v) is 5.46. The van der Waals surface area contributed by atoms with Gasteiger partial charge in [-0.05, 0) is 36.5 Å². The Labute approximate surface area is 148 Å². The first kappa shape index (κ1) is 17.6. The Kier molecular flexibility index (Phi) is 4.93. The van der Waals surface area contributed by atoms with Crippen LogP contribution in [0, 0.1) is 5.41 Å². The fourth-order valence-corrected chi connectivity index (χ4v) is 3.93. The smallest absolute Gasteiger partial charge is 0.244 e. The number of imide groups is 1. The van der Waals surface area contributed by atoms with E-state index in [9.17, 15) is 14.4 Å². The predicted octanol–water partition coefficient (Wildman–Crippen LogP) is 3.46. The van der Waals surface area contributed by atoms with Crippen LogP contribution < -0.4 is 5.32 Å². The minimum absolute atomic E-state index is 0.150. The van der Waals surface area contributed by atoms with Gasteiger partial charge in [-0.1, -0.05) is 45.2 Å². The Balaban J connectivity index is 1.62. The first-order chi connectivity index (χ1) is 11.9. The van der Waals surface area contributed by atoms with Crippen LogP contribution in [0.5, 0.6) is 0 Å². The van der Waals surface area contributed by atoms with E-state index in [-0.39, 0.29) is 30.7 Å². The molecule has 1 aliphatic heterocycles. The summed E-state index contributed by atoms with van der Waals surface area (Å²) in [5.74, 6) is -0.261. The van der Waals surface area contributed by atoms with Crippen LogP contribution in [-0.2, 0) is 14.4 Å². The second kappa shape index (κ2) is 6.98. The first-order valence-corrected chi connectivity index (χ1v) is 9.16. The first-order valence-electron chi connectivity index (χ1n) is 9.16. The number of anilines is 1. The summed E-state index contributed by atoms with van der Waals surface area (Å²) in [6.07, 6.45) is 4.90. The van der Waals surface area contributed by atoms with Crippen molar-refractivity contribution in [3.8, 4) is 0 Å². The summed E-state index contributed by atoms with van der Waals surface area (Å²) >= 11 is 0. The van der Waals surface area contributed by atoms with Gasteiger partial charge in [0.15, 0.2) is 0 Å². The number of likely N-dealkylation sites (tertiary alicyclic amines) is 1. The molecule has 1 heterocycles. The molecule has 0 bridgehead atoms. The Morgan fingerprint density at radius 1 is 1.12 bits per heavy atom. The van der Waals surface area contributed by atoms with Crippen LogP contribution in [0.4, 0.5) is 5.69 Å². The lowest BCUT2D eigenvalue weighted by atomic mass is 9.73. The molecule has 1 aliphatic carbocycles. The topological polar surface area (TPSA) is 66.5 Å². The SMILES string of the molecule is CC(C)c1ccc(NC(=O)CN2C(=O)CC3(CCCCC3)C2=O)cc1. The van der Waals surface area contributed by atoms with Crippen LogP contribution in [0.15, 0.2) is 24.3 Å². The molecule has 3 rings (SSSR count). The molecule has 0 unspecified atom stereocenters. The summed E-state index contributed by atoms with van der Waals surface area (Å²) in [5, 5.41) is 2.78. The van der Waals surface area contributed by atoms with Gasteiger partial charge in [-0.2, -0.15) is 0 Å². The van der Waals surface area contributed by atoms with Gasteiger partial charge in [0.05, 0.1) is 5.41 Å². The number of hydrogen-bond acceptors (Lipinski definition) is 3. The van der Waals surface area contributed by atoms with Gasteiger partial charge in [0.1, 0.15) is 6.54 Å². The minimum atomic E-state index is -0.533. The molecule has 1 spiro atoms. The number of nitrogens with zero attached hydrogens (tertiary/aromatic N) is 1. The van der Waals surface area contributed by atoms with E-state index < -0.39 is 5.41 Å². The monoisotopic (exact) mass is 342 g/mol. The Hall–Kier alpha value is -2.17. The van der Waals surface area contributed by atoms with E-state index in [4.69, 9.17) is 0 Å². The number of rotatable bonds is 4. The summed E-state index contributed by atoms with van der Waals surface area (Å²) < 4.78 is 0. The minimum Gasteiger partial charge on any atom is -0.325 e. The molecule has 0 radical (unpaired) electrons. The fourth-order valence-electron chi connectivity index (χ4n) is 3.93. The number of hydrogen-bond donors (Lipinski definition) is 1. The van der Waals surface area contributed by atoms with Crippen molar-refractivity contribution in [3.63, 3.8) is 0 Å². The molecule has 0 aromatic heterocycles. The van der Waals surface area contributed by atoms with Gasteiger partial charge < -0.3 is 5.32 Å². The predicted molar refractivity (Wildman–Crippen MR) is 96.0 cm³/mol. The lowest BCUT2D eigenvalue weighted by molar-refractivity contribution is -0.144. The van der Waals surface area contributed by atoms with Crippen LogP contribution >= 0.6 is 0 Å². The zero-order chi connectivity index (χ0) is 18.0. The van der Waals surface area contributed by atoms with Crippen LogP contribution in [0.1, 0.15) is 63.9 Å². The van der Waals surface area contributed by atoms with Crippen molar-refractivity contribution < 1.29 is 14.4 Å². The van der Waals surface area contributed by atoms with Crippen LogP contribution in [0.2, 0.25) is 0 Å². The molecular weight excluding hydrogens is 316 g/mol. The molecule has 2 fully saturated rings. The number of benzene rings is 1. The maximum Gasteiger partial charge on any atom is 0.244 e. The van der Waals surface area contributed by atoms with E-state index in [1.54, 1.807) is 0 Å². The van der Waals surface area contributed by atoms with E-state index in [1.807, 2.05) is 24.3 Å². The van der Waals surface area contributed by atoms with Crippen molar-refractivity contribution in [2.24, 2.45) is 5.41 Å². The molecule has 25 heavy (non-hydrogen) atoms. The van der Waals surface area contributed by atoms with Gasteiger partial charge in [-0.25, -0.2) is 0 Å². The van der Waals surface area contributed by atoms with Crippen molar-refractivity contribution in [1.82, 2.24) is 4.90 Å². The van der Waals surface area contributed by atoms with Crippen molar-refractivity contribution in [3.05, 3.63) is 29.8 Å². The molecule has 5 nitrogen and oxygen atoms in total. The van der Waals surface area contributed by atoms with Crippen molar-refractivity contribution in [2.45, 2.75) is 58.3 Å². The molecule has 2 aliphatic rings. The van der Waals surface area contributed by atoms with Gasteiger partial charge in [0, 0.05) is 12.1 Å². The Morgan fingerprint density at radius 3 is 2.36 bits per heavy atom. The van der Waals surface area contributed by atoms with Gasteiger partial charge in [0.25, 0.3) is 0 Å². The maximum atomic E-state index is 12.7. The number of carbonyl (C=O) groups is 3. The molecule has 1 aromatic rings. The standard InChI is InChI=1S/C20H26N2O3/c1-14(2)15-6-8-16(9-7-15)21-17(23)13-22-18(24)12-20(19(22)25)10-4-3-5-11-20/h6-9,14H,3-5,10-13H2,1-2H3,(H,21,23). The van der Waals surface area contributed by atoms with Gasteiger partial charge >= 0.3 is 0 Å². The summed E-state index contributed by atoms with van der Waals surface area (Å²) in [6, 6.07) is 7.65. The molecule has 5 heteroatoms. The van der Waals surface area contributed by atoms with E-state index in [0.29, 0.717) is 11.6 Å². The molecule has 1 saturated carbocycles. The van der Waals surface area contributed by atoms with E-state index in [0.717, 1.165) is 37.0 Å². The molecule has 1 N–H and O–H groups in total. The second-order valence-electron chi connectivity index (χ2n) is 7.63. The highest BCUT2D eigenvalue weighted by atomic mass is 16.2. The van der Waals surface area contributed by atoms with Crippen LogP contribution in [0.3, 0.4) is 0 Å².